The van der Waals surface area contributed by atoms with Crippen LogP contribution in [-0.2, 0) is 4.79 Å². The fourth-order valence-electron chi connectivity index (χ4n) is 3.01. The molecule has 1 fully saturated rings. The van der Waals surface area contributed by atoms with Crippen LogP contribution in [0.15, 0.2) is 48.5 Å². The normalized spacial score (nSPS) is 14.2. The van der Waals surface area contributed by atoms with Crippen molar-refractivity contribution in [2.75, 3.05) is 13.2 Å². The molecule has 2 N–H and O–H groups in total. The summed E-state index contributed by atoms with van der Waals surface area (Å²) in [5.74, 6) is -1.05. The second-order valence-corrected chi connectivity index (χ2v) is 7.42. The van der Waals surface area contributed by atoms with Gasteiger partial charge in [-0.1, -0.05) is 23.7 Å². The molecule has 160 valence electrons. The molecule has 31 heavy (non-hydrogen) atoms. The topological polar surface area (TPSA) is 102 Å². The lowest BCUT2D eigenvalue weighted by Crippen LogP contribution is -2.29. The van der Waals surface area contributed by atoms with Crippen LogP contribution in [0, 0.1) is 5.82 Å². The Kier molecular flexibility index (Phi) is 5.75. The number of hydrogen-bond acceptors (Lipinski definition) is 6. The molecule has 3 aromatic rings. The lowest BCUT2D eigenvalue weighted by molar-refractivity contribution is -0.147. The quantitative estimate of drug-likeness (QED) is 0.542. The van der Waals surface area contributed by atoms with Crippen LogP contribution in [0.3, 0.4) is 0 Å². The highest BCUT2D eigenvalue weighted by atomic mass is 35.5. The molecule has 1 aliphatic carbocycles. The van der Waals surface area contributed by atoms with E-state index in [4.69, 9.17) is 26.2 Å². The standard InChI is InChI=1S/C22H18ClFN2O5/c23-15-6-5-13(11-16(15)24)20-25-17(14-3-1-2-4-18(14)30-10-9-27)12-19(26-20)31-22(7-8-22)21(28)29/h1-6,11-12,27H,7-10H2,(H,28,29). The number of para-hydroxylation sites is 1. The molecule has 0 amide bonds. The monoisotopic (exact) mass is 444 g/mol. The van der Waals surface area contributed by atoms with Crippen LogP contribution in [0.1, 0.15) is 12.8 Å². The Morgan fingerprint density at radius 2 is 1.94 bits per heavy atom. The predicted molar refractivity (Wildman–Crippen MR) is 111 cm³/mol. The van der Waals surface area contributed by atoms with Crippen LogP contribution >= 0.6 is 11.6 Å². The summed E-state index contributed by atoms with van der Waals surface area (Å²) in [6.45, 7) is -0.0776. The maximum atomic E-state index is 14.0. The van der Waals surface area contributed by atoms with E-state index < -0.39 is 17.4 Å². The number of ether oxygens (including phenoxy) is 2. The smallest absolute Gasteiger partial charge is 0.348 e. The first-order valence-electron chi connectivity index (χ1n) is 9.52. The average molecular weight is 445 g/mol. The molecule has 0 radical (unpaired) electrons. The van der Waals surface area contributed by atoms with E-state index in [-0.39, 0.29) is 29.9 Å². The van der Waals surface area contributed by atoms with Crippen LogP contribution in [0.25, 0.3) is 22.6 Å². The van der Waals surface area contributed by atoms with Gasteiger partial charge in [0.25, 0.3) is 0 Å². The van der Waals surface area contributed by atoms with Gasteiger partial charge in [-0.2, -0.15) is 4.98 Å². The van der Waals surface area contributed by atoms with E-state index in [1.165, 1.54) is 18.2 Å². The zero-order valence-corrected chi connectivity index (χ0v) is 17.0. The molecular weight excluding hydrogens is 427 g/mol. The van der Waals surface area contributed by atoms with E-state index in [1.54, 1.807) is 30.3 Å². The van der Waals surface area contributed by atoms with Gasteiger partial charge in [-0.3, -0.25) is 0 Å². The maximum absolute atomic E-state index is 14.0. The molecule has 0 bridgehead atoms. The summed E-state index contributed by atoms with van der Waals surface area (Å²) in [6, 6.07) is 12.7. The SMILES string of the molecule is O=C(O)C1(Oc2cc(-c3ccccc3OCCO)nc(-c3ccc(Cl)c(F)c3)n2)CC1. The Hall–Kier alpha value is -3.23. The van der Waals surface area contributed by atoms with Gasteiger partial charge in [0, 0.05) is 30.0 Å². The molecular formula is C22H18ClFN2O5. The van der Waals surface area contributed by atoms with E-state index >= 15 is 0 Å². The average Bonchev–Trinajstić information content (AvgIpc) is 3.55. The highest BCUT2D eigenvalue weighted by molar-refractivity contribution is 6.30. The van der Waals surface area contributed by atoms with Gasteiger partial charge in [0.05, 0.1) is 17.3 Å². The number of rotatable bonds is 8. The van der Waals surface area contributed by atoms with Crippen LogP contribution in [-0.4, -0.2) is 45.0 Å². The minimum absolute atomic E-state index is 0.0399. The molecule has 0 spiro atoms. The first-order chi connectivity index (χ1) is 14.9. The van der Waals surface area contributed by atoms with Gasteiger partial charge >= 0.3 is 5.97 Å². The Labute approximate surface area is 182 Å². The van der Waals surface area contributed by atoms with Crippen molar-refractivity contribution in [1.82, 2.24) is 9.97 Å². The summed E-state index contributed by atoms with van der Waals surface area (Å²) >= 11 is 5.78. The molecule has 7 nitrogen and oxygen atoms in total. The molecule has 2 aromatic carbocycles. The van der Waals surface area contributed by atoms with Gasteiger partial charge in [0.15, 0.2) is 5.82 Å². The number of nitrogens with zero attached hydrogens (tertiary/aromatic N) is 2. The van der Waals surface area contributed by atoms with Gasteiger partial charge in [-0.15, -0.1) is 0 Å². The molecule has 0 unspecified atom stereocenters. The summed E-state index contributed by atoms with van der Waals surface area (Å²) in [5.41, 5.74) is 0.00722. The summed E-state index contributed by atoms with van der Waals surface area (Å²) in [7, 11) is 0. The zero-order chi connectivity index (χ0) is 22.0. The minimum Gasteiger partial charge on any atom is -0.490 e. The summed E-state index contributed by atoms with van der Waals surface area (Å²) < 4.78 is 25.4. The number of aliphatic hydroxyl groups excluding tert-OH is 1. The molecule has 1 heterocycles. The molecule has 0 aliphatic heterocycles. The summed E-state index contributed by atoms with van der Waals surface area (Å²) in [5, 5.41) is 18.5. The summed E-state index contributed by atoms with van der Waals surface area (Å²) in [6.07, 6.45) is 0.728. The van der Waals surface area contributed by atoms with Crippen molar-refractivity contribution in [2.45, 2.75) is 18.4 Å². The molecule has 4 rings (SSSR count). The van der Waals surface area contributed by atoms with Gasteiger partial charge in [0.1, 0.15) is 18.2 Å². The molecule has 1 saturated carbocycles. The number of aromatic nitrogens is 2. The highest BCUT2D eigenvalue weighted by Crippen LogP contribution is 2.41. The van der Waals surface area contributed by atoms with E-state index in [1.807, 2.05) is 0 Å². The number of carboxylic acid groups (broad SMARTS) is 1. The first-order valence-corrected chi connectivity index (χ1v) is 9.90. The Bertz CT molecular complexity index is 1140. The van der Waals surface area contributed by atoms with Gasteiger partial charge < -0.3 is 19.7 Å². The van der Waals surface area contributed by atoms with Gasteiger partial charge in [-0.25, -0.2) is 14.2 Å². The second kappa shape index (κ2) is 8.49. The van der Waals surface area contributed by atoms with Crippen molar-refractivity contribution in [1.29, 1.82) is 0 Å². The number of halogens is 2. The molecule has 1 aromatic heterocycles. The summed E-state index contributed by atoms with van der Waals surface area (Å²) in [4.78, 5) is 20.4. The zero-order valence-electron chi connectivity index (χ0n) is 16.2. The molecule has 1 aliphatic rings. The largest absolute Gasteiger partial charge is 0.490 e. The predicted octanol–water partition coefficient (Wildman–Crippen LogP) is 3.97. The number of hydrogen-bond donors (Lipinski definition) is 2. The number of carboxylic acids is 1. The van der Waals surface area contributed by atoms with E-state index in [0.717, 1.165) is 0 Å². The lowest BCUT2D eigenvalue weighted by atomic mass is 10.1. The van der Waals surface area contributed by atoms with Crippen molar-refractivity contribution in [3.63, 3.8) is 0 Å². The Balaban J connectivity index is 1.82. The van der Waals surface area contributed by atoms with Crippen molar-refractivity contribution in [2.24, 2.45) is 0 Å². The van der Waals surface area contributed by atoms with Crippen molar-refractivity contribution < 1.29 is 28.9 Å². The number of aliphatic carboxylic acids is 1. The Morgan fingerprint density at radius 1 is 1.16 bits per heavy atom. The molecule has 0 saturated heterocycles. The van der Waals surface area contributed by atoms with E-state index in [2.05, 4.69) is 9.97 Å². The third kappa shape index (κ3) is 4.45. The maximum Gasteiger partial charge on any atom is 0.348 e. The second-order valence-electron chi connectivity index (χ2n) is 7.01. The fourth-order valence-corrected chi connectivity index (χ4v) is 3.13. The van der Waals surface area contributed by atoms with Crippen LogP contribution in [0.4, 0.5) is 4.39 Å². The fraction of sp³-hybridized carbons (Fsp3) is 0.227. The molecule has 9 heteroatoms. The molecule has 0 atom stereocenters. The van der Waals surface area contributed by atoms with Crippen LogP contribution in [0.5, 0.6) is 11.6 Å². The van der Waals surface area contributed by atoms with Crippen LogP contribution in [0.2, 0.25) is 5.02 Å². The van der Waals surface area contributed by atoms with E-state index in [9.17, 15) is 14.3 Å². The number of carbonyl (C=O) groups is 1. The van der Waals surface area contributed by atoms with Crippen molar-refractivity contribution in [3.05, 3.63) is 59.4 Å². The number of aliphatic hydroxyl groups is 1. The first kappa shape index (κ1) is 21.0. The van der Waals surface area contributed by atoms with Crippen molar-refractivity contribution in [3.8, 4) is 34.3 Å². The third-order valence-electron chi connectivity index (χ3n) is 4.79. The third-order valence-corrected chi connectivity index (χ3v) is 5.09. The number of benzene rings is 2. The van der Waals surface area contributed by atoms with E-state index in [0.29, 0.717) is 35.4 Å². The van der Waals surface area contributed by atoms with Crippen LogP contribution < -0.4 is 9.47 Å². The van der Waals surface area contributed by atoms with Gasteiger partial charge in [0.2, 0.25) is 11.5 Å². The highest BCUT2D eigenvalue weighted by Gasteiger charge is 2.54. The van der Waals surface area contributed by atoms with Gasteiger partial charge in [-0.05, 0) is 30.3 Å². The van der Waals surface area contributed by atoms with Crippen molar-refractivity contribution >= 4 is 17.6 Å². The Morgan fingerprint density at radius 3 is 2.61 bits per heavy atom. The minimum atomic E-state index is -1.32. The lowest BCUT2D eigenvalue weighted by Gasteiger charge is -2.16.